The number of nitrogens with one attached hydrogen (secondary N) is 1. The van der Waals surface area contributed by atoms with Crippen molar-refractivity contribution >= 4 is 21.4 Å². The van der Waals surface area contributed by atoms with Crippen molar-refractivity contribution < 1.29 is 13.2 Å². The van der Waals surface area contributed by atoms with E-state index in [0.717, 1.165) is 56.9 Å². The van der Waals surface area contributed by atoms with Crippen molar-refractivity contribution in [2.75, 3.05) is 26.2 Å². The highest BCUT2D eigenvalue weighted by molar-refractivity contribution is 7.90. The molecule has 0 radical (unpaired) electrons. The lowest BCUT2D eigenvalue weighted by atomic mass is 9.79. The first-order valence-corrected chi connectivity index (χ1v) is 10.7. The van der Waals surface area contributed by atoms with Gasteiger partial charge in [-0.2, -0.15) is 0 Å². The van der Waals surface area contributed by atoms with Crippen LogP contribution in [0.3, 0.4) is 0 Å². The molecule has 2 aliphatic heterocycles. The largest absolute Gasteiger partial charge is 0.372 e. The first-order valence-electron chi connectivity index (χ1n) is 8.31. The molecule has 1 aromatic heterocycles. The van der Waals surface area contributed by atoms with Gasteiger partial charge in [0.25, 0.3) is 0 Å². The molecule has 1 aromatic rings. The number of hydrogen-bond donors (Lipinski definition) is 1. The van der Waals surface area contributed by atoms with E-state index in [-0.39, 0.29) is 10.9 Å². The minimum atomic E-state index is -3.06. The summed E-state index contributed by atoms with van der Waals surface area (Å²) in [5.41, 5.74) is -0.0533. The molecule has 8 heteroatoms. The maximum atomic E-state index is 11.9. The van der Waals surface area contributed by atoms with Crippen LogP contribution in [0.25, 0.3) is 0 Å². The quantitative estimate of drug-likeness (QED) is 0.794. The van der Waals surface area contributed by atoms with Gasteiger partial charge in [0.1, 0.15) is 5.01 Å². The summed E-state index contributed by atoms with van der Waals surface area (Å²) in [6.07, 6.45) is 5.39. The monoisotopic (exact) mass is 357 g/mol. The Morgan fingerprint density at radius 1 is 1.39 bits per heavy atom. The van der Waals surface area contributed by atoms with Crippen molar-refractivity contribution in [3.8, 4) is 0 Å². The van der Waals surface area contributed by atoms with Gasteiger partial charge in [-0.1, -0.05) is 0 Å². The molecule has 1 aliphatic carbocycles. The lowest BCUT2D eigenvalue weighted by Gasteiger charge is -2.50. The number of sulfonamides is 1. The lowest BCUT2D eigenvalue weighted by Crippen LogP contribution is -2.64. The average molecular weight is 358 g/mol. The van der Waals surface area contributed by atoms with E-state index in [2.05, 4.69) is 14.6 Å². The Bertz CT molecular complexity index is 637. The summed E-state index contributed by atoms with van der Waals surface area (Å²) in [6, 6.07) is 0. The summed E-state index contributed by atoms with van der Waals surface area (Å²) >= 11 is 1.69. The first kappa shape index (κ1) is 16.0. The summed E-state index contributed by atoms with van der Waals surface area (Å²) in [4.78, 5) is 6.70. The van der Waals surface area contributed by atoms with Crippen LogP contribution in [0, 0.1) is 5.92 Å². The fraction of sp³-hybridized carbons (Fsp3) is 0.800. The highest BCUT2D eigenvalue weighted by Gasteiger charge is 2.52. The van der Waals surface area contributed by atoms with E-state index >= 15 is 0 Å². The number of rotatable bonds is 7. The van der Waals surface area contributed by atoms with Crippen LogP contribution in [0.2, 0.25) is 0 Å². The molecule has 1 unspecified atom stereocenters. The zero-order valence-corrected chi connectivity index (χ0v) is 14.7. The molecule has 1 saturated carbocycles. The zero-order valence-electron chi connectivity index (χ0n) is 13.1. The number of likely N-dealkylation sites (tertiary alicyclic amines) is 1. The normalized spacial score (nSPS) is 27.4. The fourth-order valence-corrected chi connectivity index (χ4v) is 5.81. The molecule has 1 N–H and O–H groups in total. The van der Waals surface area contributed by atoms with E-state index in [1.165, 1.54) is 0 Å². The van der Waals surface area contributed by atoms with Gasteiger partial charge in [-0.15, -0.1) is 11.3 Å². The minimum absolute atomic E-state index is 0.0533. The third-order valence-corrected chi connectivity index (χ3v) is 7.90. The molecule has 0 aromatic carbocycles. The van der Waals surface area contributed by atoms with Crippen LogP contribution in [0.5, 0.6) is 0 Å². The molecule has 2 saturated heterocycles. The Kier molecular flexibility index (Phi) is 4.21. The minimum Gasteiger partial charge on any atom is -0.372 e. The highest BCUT2D eigenvalue weighted by atomic mass is 32.2. The number of hydrogen-bond acceptors (Lipinski definition) is 6. The van der Waals surface area contributed by atoms with Gasteiger partial charge in [0.05, 0.1) is 17.4 Å². The van der Waals surface area contributed by atoms with Crippen LogP contribution in [0.15, 0.2) is 11.6 Å². The van der Waals surface area contributed by atoms with Crippen LogP contribution < -0.4 is 4.72 Å². The third-order valence-electron chi connectivity index (χ3n) is 5.18. The van der Waals surface area contributed by atoms with Gasteiger partial charge < -0.3 is 4.74 Å². The number of nitrogens with zero attached hydrogens (tertiary/aromatic N) is 2. The second-order valence-corrected chi connectivity index (χ2v) is 9.92. The molecule has 6 nitrogen and oxygen atoms in total. The second-order valence-electron chi connectivity index (χ2n) is 6.90. The summed E-state index contributed by atoms with van der Waals surface area (Å²) in [5.74, 6) is 0.456. The lowest BCUT2D eigenvalue weighted by molar-refractivity contribution is -0.136. The molecule has 128 valence electrons. The van der Waals surface area contributed by atoms with Crippen molar-refractivity contribution in [3.05, 3.63) is 16.6 Å². The number of aromatic nitrogens is 1. The van der Waals surface area contributed by atoms with Gasteiger partial charge >= 0.3 is 0 Å². The third kappa shape index (κ3) is 3.32. The topological polar surface area (TPSA) is 71.5 Å². The Labute approximate surface area is 141 Å². The summed E-state index contributed by atoms with van der Waals surface area (Å²) in [5, 5.41) is 3.02. The summed E-state index contributed by atoms with van der Waals surface area (Å²) < 4.78 is 32.6. The molecule has 0 bridgehead atoms. The van der Waals surface area contributed by atoms with Crippen molar-refractivity contribution in [2.24, 2.45) is 5.92 Å². The zero-order chi connectivity index (χ0) is 15.9. The van der Waals surface area contributed by atoms with Crippen molar-refractivity contribution in [2.45, 2.75) is 43.1 Å². The van der Waals surface area contributed by atoms with Crippen molar-refractivity contribution in [1.82, 2.24) is 14.6 Å². The Morgan fingerprint density at radius 2 is 2.22 bits per heavy atom. The standard InChI is InChI=1S/C15H23N3O3S2/c19-23(20,13-1-2-13)17-5-3-12-4-7-21-15(12)10-18(11-15)9-14-16-6-8-22-14/h6,8,12-13,17H,1-5,7,9-11H2. The van der Waals surface area contributed by atoms with E-state index in [0.29, 0.717) is 12.5 Å². The second kappa shape index (κ2) is 6.07. The van der Waals surface area contributed by atoms with Gasteiger partial charge in [-0.05, 0) is 31.6 Å². The molecular formula is C15H23N3O3S2. The predicted octanol–water partition coefficient (Wildman–Crippen LogP) is 1.21. The molecule has 1 atom stereocenters. The van der Waals surface area contributed by atoms with Crippen LogP contribution in [-0.2, 0) is 21.3 Å². The van der Waals surface area contributed by atoms with Gasteiger partial charge in [-0.3, -0.25) is 4.90 Å². The first-order chi connectivity index (χ1) is 11.1. The van der Waals surface area contributed by atoms with E-state index in [4.69, 9.17) is 4.74 Å². The van der Waals surface area contributed by atoms with E-state index in [1.54, 1.807) is 11.3 Å². The summed E-state index contributed by atoms with van der Waals surface area (Å²) in [7, 11) is -3.06. The van der Waals surface area contributed by atoms with Crippen molar-refractivity contribution in [1.29, 1.82) is 0 Å². The predicted molar refractivity (Wildman–Crippen MR) is 88.7 cm³/mol. The van der Waals surface area contributed by atoms with E-state index in [9.17, 15) is 8.42 Å². The van der Waals surface area contributed by atoms with Crippen LogP contribution in [-0.4, -0.2) is 55.4 Å². The number of ether oxygens (including phenoxy) is 1. The van der Waals surface area contributed by atoms with Gasteiger partial charge in [0.2, 0.25) is 10.0 Å². The maximum Gasteiger partial charge on any atom is 0.214 e. The molecule has 3 fully saturated rings. The van der Waals surface area contributed by atoms with Gasteiger partial charge in [0.15, 0.2) is 0 Å². The summed E-state index contributed by atoms with van der Waals surface area (Å²) in [6.45, 7) is 4.11. The highest BCUT2D eigenvalue weighted by Crippen LogP contribution is 2.42. The van der Waals surface area contributed by atoms with E-state index < -0.39 is 10.0 Å². The SMILES string of the molecule is O=S(=O)(NCCC1CCOC12CN(Cc1nccs1)C2)C1CC1. The van der Waals surface area contributed by atoms with Crippen LogP contribution in [0.4, 0.5) is 0 Å². The molecule has 0 amide bonds. The molecule has 4 rings (SSSR count). The molecular weight excluding hydrogens is 334 g/mol. The Balaban J connectivity index is 1.26. The van der Waals surface area contributed by atoms with E-state index in [1.807, 2.05) is 11.6 Å². The molecule has 23 heavy (non-hydrogen) atoms. The smallest absolute Gasteiger partial charge is 0.214 e. The average Bonchev–Trinajstić information content (AvgIpc) is 3.08. The molecule has 3 heterocycles. The van der Waals surface area contributed by atoms with Crippen LogP contribution >= 0.6 is 11.3 Å². The number of thiazole rings is 1. The van der Waals surface area contributed by atoms with Crippen LogP contribution in [0.1, 0.15) is 30.7 Å². The Hall–Kier alpha value is -0.540. The maximum absolute atomic E-state index is 11.9. The molecule has 3 aliphatic rings. The van der Waals surface area contributed by atoms with Gasteiger partial charge in [0, 0.05) is 37.8 Å². The Morgan fingerprint density at radius 3 is 2.91 bits per heavy atom. The molecule has 1 spiro atoms. The van der Waals surface area contributed by atoms with Crippen molar-refractivity contribution in [3.63, 3.8) is 0 Å². The van der Waals surface area contributed by atoms with Gasteiger partial charge in [-0.25, -0.2) is 18.1 Å². The fourth-order valence-electron chi connectivity index (χ4n) is 3.76.